The monoisotopic (exact) mass is 400 g/mol. The molecule has 0 radical (unpaired) electrons. The number of benzene rings is 2. The lowest BCUT2D eigenvalue weighted by Gasteiger charge is -2.31. The molecule has 1 heterocycles. The van der Waals surface area contributed by atoms with Crippen molar-refractivity contribution in [3.05, 3.63) is 71.0 Å². The lowest BCUT2D eigenvalue weighted by Crippen LogP contribution is -2.40. The van der Waals surface area contributed by atoms with Crippen LogP contribution in [0.3, 0.4) is 0 Å². The van der Waals surface area contributed by atoms with E-state index in [4.69, 9.17) is 0 Å². The van der Waals surface area contributed by atoms with Gasteiger partial charge in [-0.1, -0.05) is 42.0 Å². The topological polar surface area (TPSA) is 32.3 Å². The van der Waals surface area contributed by atoms with Crippen LogP contribution in [-0.2, 0) is 17.1 Å². The van der Waals surface area contributed by atoms with Gasteiger partial charge in [0.05, 0.1) is 0 Å². The lowest BCUT2D eigenvalue weighted by molar-refractivity contribution is -0.126. The molecule has 0 bridgehead atoms. The average molecular weight is 401 g/mol. The molecule has 2 aromatic rings. The number of hydrogen-bond donors (Lipinski definition) is 1. The number of carbonyl (C=O) groups is 1. The largest absolute Gasteiger partial charge is 0.355 e. The van der Waals surface area contributed by atoms with Gasteiger partial charge in [-0.3, -0.25) is 9.69 Å². The maximum atomic E-state index is 13.0. The molecule has 0 atom stereocenters. The Balaban J connectivity index is 1.30. The maximum Gasteiger partial charge on any atom is 0.223 e. The standard InChI is InChI=1S/C23H29FN2OS/c1-18-3-2-4-20(15-18)17-28-14-11-25-23(27)21-9-12-26(13-10-21)16-19-5-7-22(24)8-6-19/h2-8,15,21H,9-14,16-17H2,1H3,(H,25,27). The van der Waals surface area contributed by atoms with Crippen molar-refractivity contribution in [1.29, 1.82) is 0 Å². The number of thioether (sulfide) groups is 1. The second-order valence-electron chi connectivity index (χ2n) is 7.51. The van der Waals surface area contributed by atoms with Gasteiger partial charge in [0.2, 0.25) is 5.91 Å². The van der Waals surface area contributed by atoms with Crippen molar-refractivity contribution in [2.45, 2.75) is 32.1 Å². The van der Waals surface area contributed by atoms with Crippen LogP contribution in [-0.4, -0.2) is 36.2 Å². The first-order valence-electron chi connectivity index (χ1n) is 9.98. The molecule has 1 N–H and O–H groups in total. The Morgan fingerprint density at radius 2 is 1.89 bits per heavy atom. The number of piperidine rings is 1. The molecular formula is C23H29FN2OS. The molecule has 1 saturated heterocycles. The zero-order chi connectivity index (χ0) is 19.8. The molecule has 1 fully saturated rings. The van der Waals surface area contributed by atoms with E-state index in [0.717, 1.165) is 56.1 Å². The number of likely N-dealkylation sites (tertiary alicyclic amines) is 1. The minimum Gasteiger partial charge on any atom is -0.355 e. The molecule has 150 valence electrons. The van der Waals surface area contributed by atoms with Crippen LogP contribution in [0, 0.1) is 18.7 Å². The Hall–Kier alpha value is -1.85. The molecule has 5 heteroatoms. The van der Waals surface area contributed by atoms with Gasteiger partial charge >= 0.3 is 0 Å². The number of nitrogens with one attached hydrogen (secondary N) is 1. The maximum absolute atomic E-state index is 13.0. The van der Waals surface area contributed by atoms with E-state index in [-0.39, 0.29) is 17.6 Å². The third-order valence-electron chi connectivity index (χ3n) is 5.17. The second kappa shape index (κ2) is 10.6. The van der Waals surface area contributed by atoms with Crippen LogP contribution in [0.15, 0.2) is 48.5 Å². The molecule has 1 aliphatic rings. The summed E-state index contributed by atoms with van der Waals surface area (Å²) in [4.78, 5) is 14.7. The molecule has 2 aromatic carbocycles. The van der Waals surface area contributed by atoms with E-state index < -0.39 is 0 Å². The Morgan fingerprint density at radius 1 is 1.14 bits per heavy atom. The van der Waals surface area contributed by atoms with Gasteiger partial charge in [0, 0.05) is 30.5 Å². The van der Waals surface area contributed by atoms with E-state index in [1.165, 1.54) is 23.3 Å². The van der Waals surface area contributed by atoms with Crippen LogP contribution in [0.25, 0.3) is 0 Å². The highest BCUT2D eigenvalue weighted by atomic mass is 32.2. The number of aryl methyl sites for hydroxylation is 1. The van der Waals surface area contributed by atoms with Crippen molar-refractivity contribution in [3.8, 4) is 0 Å². The fourth-order valence-electron chi connectivity index (χ4n) is 3.58. The molecule has 3 nitrogen and oxygen atoms in total. The van der Waals surface area contributed by atoms with E-state index >= 15 is 0 Å². The van der Waals surface area contributed by atoms with Crippen molar-refractivity contribution in [2.75, 3.05) is 25.4 Å². The van der Waals surface area contributed by atoms with Crippen molar-refractivity contribution >= 4 is 17.7 Å². The quantitative estimate of drug-likeness (QED) is 0.667. The van der Waals surface area contributed by atoms with Crippen LogP contribution in [0.4, 0.5) is 4.39 Å². The van der Waals surface area contributed by atoms with E-state index in [1.807, 2.05) is 23.9 Å². The summed E-state index contributed by atoms with van der Waals surface area (Å²) in [5.41, 5.74) is 3.75. The van der Waals surface area contributed by atoms with Crippen LogP contribution in [0.5, 0.6) is 0 Å². The zero-order valence-corrected chi connectivity index (χ0v) is 17.3. The summed E-state index contributed by atoms with van der Waals surface area (Å²) in [6.45, 7) is 5.49. The van der Waals surface area contributed by atoms with Gasteiger partial charge < -0.3 is 5.32 Å². The molecule has 0 saturated carbocycles. The van der Waals surface area contributed by atoms with Crippen molar-refractivity contribution in [2.24, 2.45) is 5.92 Å². The van der Waals surface area contributed by atoms with E-state index in [2.05, 4.69) is 41.4 Å². The normalized spacial score (nSPS) is 15.5. The van der Waals surface area contributed by atoms with E-state index in [9.17, 15) is 9.18 Å². The summed E-state index contributed by atoms with van der Waals surface area (Å²) in [6, 6.07) is 15.3. The SMILES string of the molecule is Cc1cccc(CSCCNC(=O)C2CCN(Cc3ccc(F)cc3)CC2)c1. The van der Waals surface area contributed by atoms with Crippen molar-refractivity contribution in [1.82, 2.24) is 10.2 Å². The van der Waals surface area contributed by atoms with Crippen LogP contribution >= 0.6 is 11.8 Å². The van der Waals surface area contributed by atoms with Gasteiger partial charge in [-0.2, -0.15) is 11.8 Å². The van der Waals surface area contributed by atoms with Crippen molar-refractivity contribution in [3.63, 3.8) is 0 Å². The third-order valence-corrected chi connectivity index (χ3v) is 6.20. The Morgan fingerprint density at radius 3 is 2.61 bits per heavy atom. The second-order valence-corrected chi connectivity index (χ2v) is 8.61. The summed E-state index contributed by atoms with van der Waals surface area (Å²) < 4.78 is 13.0. The molecule has 0 aromatic heterocycles. The summed E-state index contributed by atoms with van der Waals surface area (Å²) >= 11 is 1.86. The summed E-state index contributed by atoms with van der Waals surface area (Å²) in [5.74, 6) is 2.03. The van der Waals surface area contributed by atoms with E-state index in [1.54, 1.807) is 0 Å². The number of amides is 1. The zero-order valence-electron chi connectivity index (χ0n) is 16.5. The Labute approximate surface area is 171 Å². The first-order chi connectivity index (χ1) is 13.6. The Bertz CT molecular complexity index is 757. The smallest absolute Gasteiger partial charge is 0.223 e. The molecule has 3 rings (SSSR count). The van der Waals surface area contributed by atoms with Gasteiger partial charge in [-0.25, -0.2) is 4.39 Å². The van der Waals surface area contributed by atoms with Crippen molar-refractivity contribution < 1.29 is 9.18 Å². The molecule has 1 amide bonds. The highest BCUT2D eigenvalue weighted by molar-refractivity contribution is 7.98. The van der Waals surface area contributed by atoms with E-state index in [0.29, 0.717) is 0 Å². The summed E-state index contributed by atoms with van der Waals surface area (Å²) in [7, 11) is 0. The Kier molecular flexibility index (Phi) is 7.92. The number of nitrogens with zero attached hydrogens (tertiary/aromatic N) is 1. The lowest BCUT2D eigenvalue weighted by atomic mass is 9.95. The highest BCUT2D eigenvalue weighted by Gasteiger charge is 2.24. The molecule has 0 spiro atoms. The number of halogens is 1. The molecule has 0 unspecified atom stereocenters. The van der Waals surface area contributed by atoms with Gasteiger partial charge in [0.1, 0.15) is 5.82 Å². The fourth-order valence-corrected chi connectivity index (χ4v) is 4.39. The fraction of sp³-hybridized carbons (Fsp3) is 0.435. The molecule has 0 aliphatic carbocycles. The van der Waals surface area contributed by atoms with Gasteiger partial charge in [0.25, 0.3) is 0 Å². The predicted octanol–water partition coefficient (Wildman–Crippen LogP) is 4.40. The number of rotatable bonds is 8. The van der Waals surface area contributed by atoms with Gasteiger partial charge in [0.15, 0.2) is 0 Å². The third kappa shape index (κ3) is 6.64. The minimum absolute atomic E-state index is 0.117. The summed E-state index contributed by atoms with van der Waals surface area (Å²) in [5, 5.41) is 3.10. The molecule has 28 heavy (non-hydrogen) atoms. The highest BCUT2D eigenvalue weighted by Crippen LogP contribution is 2.19. The van der Waals surface area contributed by atoms with Gasteiger partial charge in [-0.05, 0) is 56.1 Å². The first-order valence-corrected chi connectivity index (χ1v) is 11.1. The first kappa shape index (κ1) is 20.9. The van der Waals surface area contributed by atoms with Gasteiger partial charge in [-0.15, -0.1) is 0 Å². The van der Waals surface area contributed by atoms with Crippen LogP contribution in [0.2, 0.25) is 0 Å². The summed E-state index contributed by atoms with van der Waals surface area (Å²) in [6.07, 6.45) is 1.78. The number of carbonyl (C=O) groups excluding carboxylic acids is 1. The van der Waals surface area contributed by atoms with Crippen LogP contribution in [0.1, 0.15) is 29.5 Å². The predicted molar refractivity (Wildman–Crippen MR) is 115 cm³/mol. The average Bonchev–Trinajstić information content (AvgIpc) is 2.70. The molecule has 1 aliphatic heterocycles. The van der Waals surface area contributed by atoms with Crippen LogP contribution < -0.4 is 5.32 Å². The molecular weight excluding hydrogens is 371 g/mol. The minimum atomic E-state index is -0.198. The number of hydrogen-bond acceptors (Lipinski definition) is 3.